The summed E-state index contributed by atoms with van der Waals surface area (Å²) in [5.74, 6) is 0. The number of hydrogen-bond acceptors (Lipinski definition) is 5. The summed E-state index contributed by atoms with van der Waals surface area (Å²) >= 11 is 4.18. The first-order valence-electron chi connectivity index (χ1n) is 5.01. The Labute approximate surface area is 102 Å². The summed E-state index contributed by atoms with van der Waals surface area (Å²) in [4.78, 5) is 11.4. The van der Waals surface area contributed by atoms with Crippen LogP contribution in [0.4, 0.5) is 4.79 Å². The highest BCUT2D eigenvalue weighted by Gasteiger charge is 2.33. The number of amides is 1. The van der Waals surface area contributed by atoms with E-state index in [0.717, 1.165) is 0 Å². The second-order valence-electron chi connectivity index (χ2n) is 5.19. The molecule has 0 radical (unpaired) electrons. The minimum absolute atomic E-state index is 0.629. The van der Waals surface area contributed by atoms with Crippen LogP contribution in [0.1, 0.15) is 34.6 Å². The molecule has 1 unspecified atom stereocenters. The fourth-order valence-corrected chi connectivity index (χ4v) is 1.25. The predicted molar refractivity (Wildman–Crippen MR) is 64.4 cm³/mol. The Kier molecular flexibility index (Phi) is 5.10. The van der Waals surface area contributed by atoms with Gasteiger partial charge in [-0.3, -0.25) is 0 Å². The Morgan fingerprint density at radius 2 is 1.69 bits per heavy atom. The van der Waals surface area contributed by atoms with Gasteiger partial charge in [-0.05, 0) is 34.6 Å². The van der Waals surface area contributed by atoms with Gasteiger partial charge in [-0.15, -0.1) is 0 Å². The molecule has 0 aliphatic carbocycles. The maximum Gasteiger partial charge on any atom is 0.408 e. The molecule has 0 spiro atoms. The second-order valence-corrected chi connectivity index (χ2v) is 6.34. The third-order valence-corrected chi connectivity index (χ3v) is 2.01. The van der Waals surface area contributed by atoms with Crippen LogP contribution in [0.25, 0.3) is 0 Å². The molecule has 5 nitrogen and oxygen atoms in total. The largest absolute Gasteiger partial charge is 0.444 e. The second kappa shape index (κ2) is 5.25. The molecule has 0 aromatic rings. The Hall–Kier alpha value is -0.460. The Morgan fingerprint density at radius 3 is 1.94 bits per heavy atom. The Bertz CT molecular complexity index is 242. The molecule has 0 aliphatic heterocycles. The smallest absolute Gasteiger partial charge is 0.408 e. The zero-order chi connectivity index (χ0) is 13.1. The maximum atomic E-state index is 11.4. The van der Waals surface area contributed by atoms with Crippen LogP contribution in [0.5, 0.6) is 0 Å². The van der Waals surface area contributed by atoms with E-state index < -0.39 is 28.8 Å². The van der Waals surface area contributed by atoms with Crippen LogP contribution in [-0.4, -0.2) is 39.0 Å². The van der Waals surface area contributed by atoms with Crippen LogP contribution >= 0.6 is 12.6 Å². The summed E-state index contributed by atoms with van der Waals surface area (Å²) in [6.45, 7) is 8.50. The summed E-state index contributed by atoms with van der Waals surface area (Å²) in [6.07, 6.45) is -2.40. The van der Waals surface area contributed by atoms with Gasteiger partial charge in [0.1, 0.15) is 5.60 Å². The van der Waals surface area contributed by atoms with Gasteiger partial charge < -0.3 is 20.3 Å². The summed E-state index contributed by atoms with van der Waals surface area (Å²) in [6, 6.07) is -0.911. The fourth-order valence-electron chi connectivity index (χ4n) is 1.05. The van der Waals surface area contributed by atoms with Crippen molar-refractivity contribution >= 4 is 18.7 Å². The van der Waals surface area contributed by atoms with Gasteiger partial charge in [0.05, 0.1) is 6.04 Å². The normalized spacial score (nSPS) is 14.8. The van der Waals surface area contributed by atoms with Gasteiger partial charge in [0.2, 0.25) is 0 Å². The van der Waals surface area contributed by atoms with Crippen molar-refractivity contribution in [2.75, 3.05) is 0 Å². The third kappa shape index (κ3) is 6.19. The highest BCUT2D eigenvalue weighted by Crippen LogP contribution is 2.20. The molecular formula is C10H21NO4S. The first-order chi connectivity index (χ1) is 6.93. The van der Waals surface area contributed by atoms with Crippen molar-refractivity contribution in [1.29, 1.82) is 0 Å². The molecule has 0 rings (SSSR count). The van der Waals surface area contributed by atoms with Gasteiger partial charge in [-0.25, -0.2) is 4.79 Å². The van der Waals surface area contributed by atoms with Gasteiger partial charge in [-0.2, -0.15) is 12.6 Å². The lowest BCUT2D eigenvalue weighted by atomic mass is 10.0. The summed E-state index contributed by atoms with van der Waals surface area (Å²) in [5.41, 5.74) is -0.629. The molecule has 0 saturated carbocycles. The molecule has 0 aromatic heterocycles. The monoisotopic (exact) mass is 251 g/mol. The quantitative estimate of drug-likeness (QED) is 0.444. The minimum atomic E-state index is -1.69. The van der Waals surface area contributed by atoms with Crippen LogP contribution in [-0.2, 0) is 4.74 Å². The zero-order valence-corrected chi connectivity index (χ0v) is 11.2. The van der Waals surface area contributed by atoms with Gasteiger partial charge in [0.15, 0.2) is 6.29 Å². The molecule has 1 amide bonds. The van der Waals surface area contributed by atoms with E-state index in [9.17, 15) is 4.79 Å². The average Bonchev–Trinajstić information content (AvgIpc) is 1.93. The van der Waals surface area contributed by atoms with E-state index in [1.54, 1.807) is 34.6 Å². The van der Waals surface area contributed by atoms with Crippen molar-refractivity contribution in [3.8, 4) is 0 Å². The van der Waals surface area contributed by atoms with E-state index in [2.05, 4.69) is 17.9 Å². The molecule has 0 aliphatic rings. The van der Waals surface area contributed by atoms with Crippen LogP contribution in [0.3, 0.4) is 0 Å². The highest BCUT2D eigenvalue weighted by atomic mass is 32.1. The number of aliphatic hydroxyl groups excluding tert-OH is 1. The molecule has 0 fully saturated rings. The molecule has 0 saturated heterocycles. The van der Waals surface area contributed by atoms with Crippen molar-refractivity contribution in [1.82, 2.24) is 5.32 Å². The zero-order valence-electron chi connectivity index (χ0n) is 10.3. The van der Waals surface area contributed by atoms with E-state index in [1.165, 1.54) is 0 Å². The lowest BCUT2D eigenvalue weighted by Gasteiger charge is -2.32. The number of ether oxygens (including phenoxy) is 1. The SMILES string of the molecule is CC(C)(C)OC(=O)NC(C(O)O)C(C)(C)S. The van der Waals surface area contributed by atoms with Crippen LogP contribution < -0.4 is 5.32 Å². The van der Waals surface area contributed by atoms with Crippen molar-refractivity contribution in [3.05, 3.63) is 0 Å². The average molecular weight is 251 g/mol. The topological polar surface area (TPSA) is 78.8 Å². The molecule has 3 N–H and O–H groups in total. The van der Waals surface area contributed by atoms with E-state index in [0.29, 0.717) is 0 Å². The number of aliphatic hydroxyl groups is 2. The number of carbonyl (C=O) groups excluding carboxylic acids is 1. The highest BCUT2D eigenvalue weighted by molar-refractivity contribution is 7.81. The van der Waals surface area contributed by atoms with Crippen molar-refractivity contribution in [2.24, 2.45) is 0 Å². The number of carbonyl (C=O) groups is 1. The number of rotatable bonds is 3. The van der Waals surface area contributed by atoms with Crippen molar-refractivity contribution in [2.45, 2.75) is 57.3 Å². The van der Waals surface area contributed by atoms with Gasteiger partial charge in [0.25, 0.3) is 0 Å². The summed E-state index contributed by atoms with van der Waals surface area (Å²) in [5, 5.41) is 20.6. The molecule has 0 bridgehead atoms. The number of alkyl carbamates (subject to hydrolysis) is 1. The van der Waals surface area contributed by atoms with Crippen LogP contribution in [0.15, 0.2) is 0 Å². The van der Waals surface area contributed by atoms with Crippen LogP contribution in [0, 0.1) is 0 Å². The van der Waals surface area contributed by atoms with E-state index in [-0.39, 0.29) is 0 Å². The number of hydrogen-bond donors (Lipinski definition) is 4. The van der Waals surface area contributed by atoms with Gasteiger partial charge in [0, 0.05) is 4.75 Å². The predicted octanol–water partition coefficient (Wildman–Crippen LogP) is 0.899. The van der Waals surface area contributed by atoms with Crippen LogP contribution in [0.2, 0.25) is 0 Å². The van der Waals surface area contributed by atoms with E-state index in [1.807, 2.05) is 0 Å². The van der Waals surface area contributed by atoms with Crippen molar-refractivity contribution in [3.63, 3.8) is 0 Å². The van der Waals surface area contributed by atoms with Crippen molar-refractivity contribution < 1.29 is 19.7 Å². The first kappa shape index (κ1) is 15.5. The number of thiol groups is 1. The standard InChI is InChI=1S/C10H21NO4S/c1-9(2,3)15-8(14)11-6(7(12)13)10(4,5)16/h6-7,12-13,16H,1-5H3,(H,11,14). The number of nitrogens with one attached hydrogen (secondary N) is 1. The molecule has 1 atom stereocenters. The molecule has 0 aromatic carbocycles. The molecule has 96 valence electrons. The molecule has 6 heteroatoms. The van der Waals surface area contributed by atoms with Gasteiger partial charge >= 0.3 is 6.09 Å². The fraction of sp³-hybridized carbons (Fsp3) is 0.900. The lowest BCUT2D eigenvalue weighted by Crippen LogP contribution is -2.54. The molecular weight excluding hydrogens is 230 g/mol. The third-order valence-electron chi connectivity index (χ3n) is 1.73. The van der Waals surface area contributed by atoms with Gasteiger partial charge in [-0.1, -0.05) is 0 Å². The first-order valence-corrected chi connectivity index (χ1v) is 5.46. The summed E-state index contributed by atoms with van der Waals surface area (Å²) < 4.78 is 4.23. The molecule has 0 heterocycles. The van der Waals surface area contributed by atoms with E-state index >= 15 is 0 Å². The minimum Gasteiger partial charge on any atom is -0.444 e. The Morgan fingerprint density at radius 1 is 1.25 bits per heavy atom. The summed E-state index contributed by atoms with van der Waals surface area (Å²) in [7, 11) is 0. The maximum absolute atomic E-state index is 11.4. The lowest BCUT2D eigenvalue weighted by molar-refractivity contribution is -0.0741. The Balaban J connectivity index is 4.49. The van der Waals surface area contributed by atoms with E-state index in [4.69, 9.17) is 14.9 Å². The molecule has 16 heavy (non-hydrogen) atoms.